The first kappa shape index (κ1) is 14.6. The Morgan fingerprint density at radius 2 is 2.10 bits per heavy atom. The van der Waals surface area contributed by atoms with Gasteiger partial charge in [-0.15, -0.1) is 0 Å². The molecule has 1 aromatic rings. The fraction of sp³-hybridized carbons (Fsp3) is 0.812. The van der Waals surface area contributed by atoms with E-state index in [1.54, 1.807) is 0 Å². The zero-order chi connectivity index (χ0) is 14.1. The maximum absolute atomic E-state index is 4.57. The normalized spacial score (nSPS) is 29.4. The highest BCUT2D eigenvalue weighted by Gasteiger charge is 2.56. The minimum absolute atomic E-state index is 0.494. The van der Waals surface area contributed by atoms with Crippen LogP contribution >= 0.6 is 15.9 Å². The van der Waals surface area contributed by atoms with Crippen LogP contribution in [0.5, 0.6) is 0 Å². The van der Waals surface area contributed by atoms with Gasteiger partial charge in [0.2, 0.25) is 0 Å². The van der Waals surface area contributed by atoms with Gasteiger partial charge < -0.3 is 5.32 Å². The van der Waals surface area contributed by atoms with Gasteiger partial charge in [0, 0.05) is 6.54 Å². The predicted molar refractivity (Wildman–Crippen MR) is 85.6 cm³/mol. The second-order valence-corrected chi connectivity index (χ2v) is 7.22. The largest absolute Gasteiger partial charge is 0.308 e. The molecule has 2 saturated carbocycles. The van der Waals surface area contributed by atoms with E-state index < -0.39 is 0 Å². The molecule has 3 nitrogen and oxygen atoms in total. The molecule has 3 unspecified atom stereocenters. The van der Waals surface area contributed by atoms with Crippen LogP contribution in [0.15, 0.2) is 10.7 Å². The second kappa shape index (κ2) is 6.18. The Morgan fingerprint density at radius 1 is 1.35 bits per heavy atom. The van der Waals surface area contributed by atoms with E-state index in [9.17, 15) is 0 Å². The van der Waals surface area contributed by atoms with Crippen LogP contribution in [-0.2, 0) is 6.54 Å². The molecule has 112 valence electrons. The molecule has 0 saturated heterocycles. The number of nitrogens with zero attached hydrogens (tertiary/aromatic N) is 2. The molecule has 3 atom stereocenters. The van der Waals surface area contributed by atoms with Crippen LogP contribution in [0.1, 0.15) is 57.7 Å². The summed E-state index contributed by atoms with van der Waals surface area (Å²) in [7, 11) is 0. The van der Waals surface area contributed by atoms with Crippen molar-refractivity contribution in [2.45, 2.75) is 58.5 Å². The summed E-state index contributed by atoms with van der Waals surface area (Å²) in [5.41, 5.74) is 1.39. The number of rotatable bonds is 7. The lowest BCUT2D eigenvalue weighted by Crippen LogP contribution is -2.28. The van der Waals surface area contributed by atoms with Crippen LogP contribution in [0.3, 0.4) is 0 Å². The van der Waals surface area contributed by atoms with Crippen LogP contribution in [0, 0.1) is 17.8 Å². The summed E-state index contributed by atoms with van der Waals surface area (Å²) in [5.74, 6) is 2.79. The molecule has 2 aliphatic carbocycles. The molecule has 1 heterocycles. The minimum atomic E-state index is 0.494. The summed E-state index contributed by atoms with van der Waals surface area (Å²) in [4.78, 5) is 0. The quantitative estimate of drug-likeness (QED) is 0.808. The molecule has 0 aliphatic heterocycles. The van der Waals surface area contributed by atoms with Gasteiger partial charge in [0.15, 0.2) is 0 Å². The fourth-order valence-electron chi connectivity index (χ4n) is 4.16. The number of hydrogen-bond donors (Lipinski definition) is 1. The molecular formula is C16H26BrN3. The van der Waals surface area contributed by atoms with E-state index in [0.29, 0.717) is 6.04 Å². The molecule has 2 aliphatic rings. The third kappa shape index (κ3) is 2.57. The van der Waals surface area contributed by atoms with Crippen LogP contribution in [-0.4, -0.2) is 16.3 Å². The lowest BCUT2D eigenvalue weighted by molar-refractivity contribution is 0.386. The number of fused-ring (bicyclic) bond motifs is 1. The van der Waals surface area contributed by atoms with Crippen molar-refractivity contribution in [3.8, 4) is 0 Å². The first-order chi connectivity index (χ1) is 9.77. The topological polar surface area (TPSA) is 29.9 Å². The van der Waals surface area contributed by atoms with Gasteiger partial charge >= 0.3 is 0 Å². The average molecular weight is 340 g/mol. The van der Waals surface area contributed by atoms with Gasteiger partial charge in [0.1, 0.15) is 0 Å². The summed E-state index contributed by atoms with van der Waals surface area (Å²) in [6.07, 6.45) is 8.64. The molecule has 1 N–H and O–H groups in total. The van der Waals surface area contributed by atoms with Crippen LogP contribution < -0.4 is 5.32 Å². The molecule has 20 heavy (non-hydrogen) atoms. The van der Waals surface area contributed by atoms with E-state index in [1.165, 1.54) is 35.8 Å². The van der Waals surface area contributed by atoms with Gasteiger partial charge in [-0.25, -0.2) is 0 Å². The van der Waals surface area contributed by atoms with E-state index >= 15 is 0 Å². The Morgan fingerprint density at radius 3 is 2.75 bits per heavy atom. The van der Waals surface area contributed by atoms with E-state index in [4.69, 9.17) is 0 Å². The molecule has 0 amide bonds. The Labute approximate surface area is 130 Å². The molecule has 0 spiro atoms. The van der Waals surface area contributed by atoms with Crippen molar-refractivity contribution >= 4 is 15.9 Å². The molecule has 2 fully saturated rings. The lowest BCUT2D eigenvalue weighted by Gasteiger charge is -2.22. The van der Waals surface area contributed by atoms with Gasteiger partial charge in [-0.3, -0.25) is 4.68 Å². The minimum Gasteiger partial charge on any atom is -0.308 e. The number of halogens is 1. The zero-order valence-corrected chi connectivity index (χ0v) is 14.2. The van der Waals surface area contributed by atoms with Crippen molar-refractivity contribution in [3.63, 3.8) is 0 Å². The Hall–Kier alpha value is -0.350. The van der Waals surface area contributed by atoms with Crippen molar-refractivity contribution in [3.05, 3.63) is 16.4 Å². The highest BCUT2D eigenvalue weighted by Crippen LogP contribution is 2.62. The van der Waals surface area contributed by atoms with E-state index in [0.717, 1.165) is 37.3 Å². The molecule has 0 bridgehead atoms. The summed E-state index contributed by atoms with van der Waals surface area (Å²) in [5, 5.41) is 8.38. The Bertz CT molecular complexity index is 447. The summed E-state index contributed by atoms with van der Waals surface area (Å²) in [6, 6.07) is 0.494. The molecule has 4 heteroatoms. The second-order valence-electron chi connectivity index (χ2n) is 6.37. The molecule has 1 aromatic heterocycles. The summed E-state index contributed by atoms with van der Waals surface area (Å²) < 4.78 is 3.40. The van der Waals surface area contributed by atoms with Crippen molar-refractivity contribution in [2.75, 3.05) is 6.54 Å². The molecular weight excluding hydrogens is 314 g/mol. The van der Waals surface area contributed by atoms with Crippen molar-refractivity contribution < 1.29 is 0 Å². The van der Waals surface area contributed by atoms with Gasteiger partial charge in [-0.05, 0) is 65.9 Å². The van der Waals surface area contributed by atoms with Crippen LogP contribution in [0.4, 0.5) is 0 Å². The third-order valence-electron chi connectivity index (χ3n) is 5.04. The lowest BCUT2D eigenvalue weighted by atomic mass is 10.0. The first-order valence-electron chi connectivity index (χ1n) is 8.22. The smallest absolute Gasteiger partial charge is 0.0698 e. The fourth-order valence-corrected chi connectivity index (χ4v) is 4.70. The van der Waals surface area contributed by atoms with Gasteiger partial charge in [-0.1, -0.05) is 20.3 Å². The SMILES string of the molecule is CCCNC(c1c(Br)cnn1CCC)C1C2CCCC21. The summed E-state index contributed by atoms with van der Waals surface area (Å²) >= 11 is 3.73. The standard InChI is InChI=1S/C16H26BrN3/c1-3-8-18-15(14-11-6-5-7-12(11)14)16-13(17)10-19-20(16)9-4-2/h10-12,14-15,18H,3-9H2,1-2H3. The average Bonchev–Trinajstić information content (AvgIpc) is 2.77. The number of hydrogen-bond acceptors (Lipinski definition) is 2. The van der Waals surface area contributed by atoms with Crippen molar-refractivity contribution in [1.82, 2.24) is 15.1 Å². The number of nitrogens with one attached hydrogen (secondary N) is 1. The Kier molecular flexibility index (Phi) is 4.51. The van der Waals surface area contributed by atoms with Gasteiger partial charge in [0.25, 0.3) is 0 Å². The van der Waals surface area contributed by atoms with Crippen LogP contribution in [0.2, 0.25) is 0 Å². The molecule has 3 rings (SSSR count). The third-order valence-corrected chi connectivity index (χ3v) is 5.65. The van der Waals surface area contributed by atoms with E-state index in [1.807, 2.05) is 6.20 Å². The van der Waals surface area contributed by atoms with Crippen molar-refractivity contribution in [2.24, 2.45) is 17.8 Å². The van der Waals surface area contributed by atoms with Crippen LogP contribution in [0.25, 0.3) is 0 Å². The van der Waals surface area contributed by atoms with Gasteiger partial charge in [0.05, 0.1) is 22.4 Å². The van der Waals surface area contributed by atoms with Crippen molar-refractivity contribution in [1.29, 1.82) is 0 Å². The summed E-state index contributed by atoms with van der Waals surface area (Å²) in [6.45, 7) is 6.59. The van der Waals surface area contributed by atoms with Gasteiger partial charge in [-0.2, -0.15) is 5.10 Å². The first-order valence-corrected chi connectivity index (χ1v) is 9.01. The number of aryl methyl sites for hydroxylation is 1. The molecule has 0 radical (unpaired) electrons. The van der Waals surface area contributed by atoms with E-state index in [-0.39, 0.29) is 0 Å². The molecule has 0 aromatic carbocycles. The maximum atomic E-state index is 4.57. The monoisotopic (exact) mass is 339 g/mol. The Balaban J connectivity index is 1.83. The van der Waals surface area contributed by atoms with E-state index in [2.05, 4.69) is 44.9 Å². The highest BCUT2D eigenvalue weighted by atomic mass is 79.9. The zero-order valence-electron chi connectivity index (χ0n) is 12.6. The maximum Gasteiger partial charge on any atom is 0.0698 e. The predicted octanol–water partition coefficient (Wildman–Crippen LogP) is 4.14. The highest BCUT2D eigenvalue weighted by molar-refractivity contribution is 9.10. The number of aromatic nitrogens is 2.